The summed E-state index contributed by atoms with van der Waals surface area (Å²) in [5.41, 5.74) is 3.43. The monoisotopic (exact) mass is 430 g/mol. The van der Waals surface area contributed by atoms with E-state index in [2.05, 4.69) is 48.9 Å². The first-order chi connectivity index (χ1) is 14.8. The molecule has 1 heterocycles. The number of carbonyl (C=O) groups is 3. The van der Waals surface area contributed by atoms with Crippen LogP contribution >= 0.6 is 0 Å². The van der Waals surface area contributed by atoms with Crippen LogP contribution in [0.15, 0.2) is 35.7 Å². The van der Waals surface area contributed by atoms with E-state index in [0.717, 1.165) is 30.9 Å². The molecule has 0 radical (unpaired) electrons. The minimum Gasteiger partial charge on any atom is -0.481 e. The number of rotatable bonds is 10. The molecule has 8 nitrogen and oxygen atoms in total. The van der Waals surface area contributed by atoms with Crippen molar-refractivity contribution in [1.82, 2.24) is 15.5 Å². The summed E-state index contributed by atoms with van der Waals surface area (Å²) in [5.74, 6) is -0.157. The molecule has 31 heavy (non-hydrogen) atoms. The van der Waals surface area contributed by atoms with Crippen LogP contribution in [0.4, 0.5) is 5.69 Å². The Morgan fingerprint density at radius 1 is 1.10 bits per heavy atom. The van der Waals surface area contributed by atoms with Gasteiger partial charge in [-0.15, -0.1) is 0 Å². The highest BCUT2D eigenvalue weighted by Gasteiger charge is 2.24. The lowest BCUT2D eigenvalue weighted by Crippen LogP contribution is -2.42. The highest BCUT2D eigenvalue weighted by Crippen LogP contribution is 2.19. The lowest BCUT2D eigenvalue weighted by molar-refractivity contribution is -0.137. The number of carboxylic acid groups (broad SMARTS) is 1. The molecular weight excluding hydrogens is 396 g/mol. The average molecular weight is 431 g/mol. The number of nitrogens with one attached hydrogen (secondary N) is 3. The van der Waals surface area contributed by atoms with Crippen LogP contribution in [0.3, 0.4) is 0 Å². The number of aryl methyl sites for hydroxylation is 1. The molecule has 4 N–H and O–H groups in total. The van der Waals surface area contributed by atoms with Crippen molar-refractivity contribution in [3.05, 3.63) is 41.2 Å². The van der Waals surface area contributed by atoms with Gasteiger partial charge in [-0.2, -0.15) is 0 Å². The number of hydrogen-bond donors (Lipinski definition) is 4. The molecule has 0 aliphatic carbocycles. The van der Waals surface area contributed by atoms with Crippen LogP contribution in [-0.4, -0.2) is 54.0 Å². The van der Waals surface area contributed by atoms with Crippen molar-refractivity contribution in [2.75, 3.05) is 31.5 Å². The third-order valence-corrected chi connectivity index (χ3v) is 5.41. The molecule has 0 spiro atoms. The second-order valence-electron chi connectivity index (χ2n) is 8.19. The summed E-state index contributed by atoms with van der Waals surface area (Å²) in [6.45, 7) is 8.32. The first-order valence-electron chi connectivity index (χ1n) is 10.8. The van der Waals surface area contributed by atoms with Gasteiger partial charge in [0, 0.05) is 31.9 Å². The highest BCUT2D eigenvalue weighted by molar-refractivity contribution is 5.97. The molecule has 8 heteroatoms. The number of allylic oxidation sites excluding steroid dienone is 1. The molecule has 170 valence electrons. The van der Waals surface area contributed by atoms with E-state index in [9.17, 15) is 14.4 Å². The summed E-state index contributed by atoms with van der Waals surface area (Å²) in [4.78, 5) is 36.3. The van der Waals surface area contributed by atoms with Crippen molar-refractivity contribution in [2.24, 2.45) is 5.92 Å². The second kappa shape index (κ2) is 12.0. The molecule has 0 saturated carbocycles. The van der Waals surface area contributed by atoms with Gasteiger partial charge >= 0.3 is 5.97 Å². The van der Waals surface area contributed by atoms with Crippen molar-refractivity contribution in [3.63, 3.8) is 0 Å². The van der Waals surface area contributed by atoms with Crippen LogP contribution in [0.5, 0.6) is 0 Å². The van der Waals surface area contributed by atoms with Gasteiger partial charge in [0.05, 0.1) is 6.42 Å². The van der Waals surface area contributed by atoms with Gasteiger partial charge in [-0.25, -0.2) is 0 Å². The highest BCUT2D eigenvalue weighted by atomic mass is 16.4. The minimum absolute atomic E-state index is 0.0401. The maximum absolute atomic E-state index is 12.3. The second-order valence-corrected chi connectivity index (χ2v) is 8.19. The number of anilines is 1. The summed E-state index contributed by atoms with van der Waals surface area (Å²) in [6.07, 6.45) is 1.37. The zero-order chi connectivity index (χ0) is 22.8. The quantitative estimate of drug-likeness (QED) is 0.425. The number of nitrogens with zero attached hydrogens (tertiary/aromatic N) is 1. The average Bonchev–Trinajstić information content (AvgIpc) is 2.72. The molecule has 1 aromatic carbocycles. The lowest BCUT2D eigenvalue weighted by atomic mass is 9.96. The Kier molecular flexibility index (Phi) is 9.37. The van der Waals surface area contributed by atoms with E-state index in [1.807, 2.05) is 12.1 Å². The van der Waals surface area contributed by atoms with E-state index in [0.29, 0.717) is 19.0 Å². The van der Waals surface area contributed by atoms with Crippen LogP contribution in [0.1, 0.15) is 45.1 Å². The Morgan fingerprint density at radius 2 is 1.77 bits per heavy atom. The molecule has 1 fully saturated rings. The number of amides is 2. The van der Waals surface area contributed by atoms with Crippen molar-refractivity contribution < 1.29 is 19.5 Å². The molecule has 2 rings (SSSR count). The summed E-state index contributed by atoms with van der Waals surface area (Å²) in [7, 11) is 0. The van der Waals surface area contributed by atoms with Gasteiger partial charge in [-0.05, 0) is 56.7 Å². The molecule has 0 aromatic heterocycles. The standard InChI is InChI=1S/C23H34N4O4/c1-16(2)23(26-19-7-5-4-6-17(19)3)25-15-18-9-12-27(13-10-18)21(29)14-20(28)24-11-8-22(30)31/h4-7,18,25-26H,8-15H2,1-3H3,(H,24,28)(H,30,31). The van der Waals surface area contributed by atoms with Gasteiger partial charge in [0.1, 0.15) is 12.2 Å². The van der Waals surface area contributed by atoms with Gasteiger partial charge in [0.15, 0.2) is 0 Å². The normalized spacial score (nSPS) is 14.0. The summed E-state index contributed by atoms with van der Waals surface area (Å²) >= 11 is 0. The summed E-state index contributed by atoms with van der Waals surface area (Å²) < 4.78 is 0. The van der Waals surface area contributed by atoms with Crippen molar-refractivity contribution in [1.29, 1.82) is 0 Å². The Labute approximate surface area is 184 Å². The molecule has 1 aliphatic heterocycles. The maximum atomic E-state index is 12.3. The smallest absolute Gasteiger partial charge is 0.305 e. The third-order valence-electron chi connectivity index (χ3n) is 5.41. The number of carboxylic acids is 1. The first kappa shape index (κ1) is 24.2. The predicted molar refractivity (Wildman–Crippen MR) is 120 cm³/mol. The van der Waals surface area contributed by atoms with Crippen molar-refractivity contribution in [2.45, 2.75) is 46.5 Å². The van der Waals surface area contributed by atoms with Gasteiger partial charge < -0.3 is 26.0 Å². The molecule has 0 bridgehead atoms. The lowest BCUT2D eigenvalue weighted by Gasteiger charge is -2.32. The molecule has 1 aromatic rings. The number of likely N-dealkylation sites (tertiary alicyclic amines) is 1. The Hall–Kier alpha value is -3.03. The van der Waals surface area contributed by atoms with E-state index in [4.69, 9.17) is 5.11 Å². The van der Waals surface area contributed by atoms with E-state index < -0.39 is 11.9 Å². The van der Waals surface area contributed by atoms with E-state index in [-0.39, 0.29) is 25.3 Å². The number of para-hydroxylation sites is 1. The van der Waals surface area contributed by atoms with Crippen LogP contribution in [0, 0.1) is 12.8 Å². The Morgan fingerprint density at radius 3 is 2.39 bits per heavy atom. The number of carbonyl (C=O) groups excluding carboxylic acids is 2. The van der Waals surface area contributed by atoms with Crippen LogP contribution in [0.25, 0.3) is 0 Å². The van der Waals surface area contributed by atoms with Crippen LogP contribution in [-0.2, 0) is 14.4 Å². The van der Waals surface area contributed by atoms with Gasteiger partial charge in [-0.3, -0.25) is 14.4 Å². The molecule has 2 amide bonds. The fraction of sp³-hybridized carbons (Fsp3) is 0.522. The third kappa shape index (κ3) is 8.32. The number of aliphatic carboxylic acids is 1. The van der Waals surface area contributed by atoms with E-state index in [1.165, 1.54) is 11.1 Å². The first-order valence-corrected chi connectivity index (χ1v) is 10.8. The maximum Gasteiger partial charge on any atom is 0.305 e. The summed E-state index contributed by atoms with van der Waals surface area (Å²) in [6, 6.07) is 8.16. The van der Waals surface area contributed by atoms with Crippen molar-refractivity contribution in [3.8, 4) is 0 Å². The summed E-state index contributed by atoms with van der Waals surface area (Å²) in [5, 5.41) is 18.1. The van der Waals surface area contributed by atoms with Crippen LogP contribution in [0.2, 0.25) is 0 Å². The van der Waals surface area contributed by atoms with Crippen molar-refractivity contribution >= 4 is 23.5 Å². The fourth-order valence-electron chi connectivity index (χ4n) is 3.45. The molecule has 0 atom stereocenters. The topological polar surface area (TPSA) is 111 Å². The zero-order valence-electron chi connectivity index (χ0n) is 18.7. The molecular formula is C23H34N4O4. The number of benzene rings is 1. The van der Waals surface area contributed by atoms with E-state index in [1.54, 1.807) is 4.90 Å². The minimum atomic E-state index is -0.979. The van der Waals surface area contributed by atoms with E-state index >= 15 is 0 Å². The zero-order valence-corrected chi connectivity index (χ0v) is 18.7. The molecule has 1 saturated heterocycles. The van der Waals surface area contributed by atoms with Gasteiger partial charge in [-0.1, -0.05) is 18.2 Å². The SMILES string of the molecule is CC(C)=C(NCC1CCN(C(=O)CC(=O)NCCC(=O)O)CC1)Nc1ccccc1C. The molecule has 1 aliphatic rings. The number of piperidine rings is 1. The largest absolute Gasteiger partial charge is 0.481 e. The van der Waals surface area contributed by atoms with Gasteiger partial charge in [0.2, 0.25) is 11.8 Å². The predicted octanol–water partition coefficient (Wildman–Crippen LogP) is 2.47. The molecule has 0 unspecified atom stereocenters. The Balaban J connectivity index is 1.75. The fourth-order valence-corrected chi connectivity index (χ4v) is 3.45. The Bertz CT molecular complexity index is 810. The van der Waals surface area contributed by atoms with Crippen LogP contribution < -0.4 is 16.0 Å². The van der Waals surface area contributed by atoms with Gasteiger partial charge in [0.25, 0.3) is 0 Å². The number of hydrogen-bond acceptors (Lipinski definition) is 5.